The van der Waals surface area contributed by atoms with Gasteiger partial charge in [-0.05, 0) is 35.9 Å². The zero-order valence-electron chi connectivity index (χ0n) is 17.4. The van der Waals surface area contributed by atoms with Gasteiger partial charge in [0.05, 0.1) is 10.6 Å². The molecule has 1 unspecified atom stereocenters. The summed E-state index contributed by atoms with van der Waals surface area (Å²) in [7, 11) is 0. The summed E-state index contributed by atoms with van der Waals surface area (Å²) in [6.07, 6.45) is 0.251. The third kappa shape index (κ3) is 7.24. The number of carbonyl (C=O) groups excluding carboxylic acids is 3. The zero-order valence-corrected chi connectivity index (χ0v) is 18.9. The fraction of sp³-hybridized carbons (Fsp3) is 0.125. The third-order valence-corrected chi connectivity index (χ3v) is 5.11. The molecule has 0 aromatic heterocycles. The van der Waals surface area contributed by atoms with Gasteiger partial charge < -0.3 is 21.1 Å². The molecule has 0 aliphatic rings. The Kier molecular flexibility index (Phi) is 8.29. The molecule has 3 amide bonds. The Morgan fingerprint density at radius 1 is 0.939 bits per heavy atom. The predicted octanol–water partition coefficient (Wildman–Crippen LogP) is 3.84. The maximum absolute atomic E-state index is 13.1. The summed E-state index contributed by atoms with van der Waals surface area (Å²) in [5.41, 5.74) is 6.59. The second-order valence-corrected chi connectivity index (χ2v) is 7.96. The van der Waals surface area contributed by atoms with Crippen LogP contribution in [-0.4, -0.2) is 30.4 Å². The van der Waals surface area contributed by atoms with E-state index < -0.39 is 23.8 Å². The number of hydrogen-bond donors (Lipinski definition) is 3. The molecule has 1 atom stereocenters. The number of halogens is 2. The van der Waals surface area contributed by atoms with Gasteiger partial charge in [-0.2, -0.15) is 0 Å². The molecule has 170 valence electrons. The van der Waals surface area contributed by atoms with Crippen LogP contribution in [0.2, 0.25) is 10.0 Å². The Morgan fingerprint density at radius 2 is 1.70 bits per heavy atom. The third-order valence-electron chi connectivity index (χ3n) is 4.56. The fourth-order valence-electron chi connectivity index (χ4n) is 3.02. The lowest BCUT2D eigenvalue weighted by molar-refractivity contribution is -0.120. The molecule has 3 aromatic rings. The first-order valence-electron chi connectivity index (χ1n) is 9.93. The van der Waals surface area contributed by atoms with Crippen LogP contribution in [-0.2, 0) is 16.0 Å². The topological polar surface area (TPSA) is 111 Å². The molecule has 0 bridgehead atoms. The lowest BCUT2D eigenvalue weighted by atomic mass is 10.0. The summed E-state index contributed by atoms with van der Waals surface area (Å²) in [6.45, 7) is -0.286. The largest absolute Gasteiger partial charge is 0.484 e. The number of hydrogen-bond acceptors (Lipinski definition) is 4. The van der Waals surface area contributed by atoms with Crippen molar-refractivity contribution in [3.63, 3.8) is 0 Å². The molecule has 0 saturated heterocycles. The second-order valence-electron chi connectivity index (χ2n) is 7.11. The quantitative estimate of drug-likeness (QED) is 0.427. The minimum absolute atomic E-state index is 0.179. The van der Waals surface area contributed by atoms with E-state index in [9.17, 15) is 14.4 Å². The van der Waals surface area contributed by atoms with E-state index in [4.69, 9.17) is 33.7 Å². The molecule has 7 nitrogen and oxygen atoms in total. The molecule has 9 heteroatoms. The average Bonchev–Trinajstić information content (AvgIpc) is 2.78. The maximum Gasteiger partial charge on any atom is 0.255 e. The Hall–Kier alpha value is -3.55. The van der Waals surface area contributed by atoms with E-state index in [0.717, 1.165) is 5.56 Å². The lowest BCUT2D eigenvalue weighted by Gasteiger charge is -2.19. The smallest absolute Gasteiger partial charge is 0.255 e. The van der Waals surface area contributed by atoms with E-state index >= 15 is 0 Å². The van der Waals surface area contributed by atoms with Crippen LogP contribution in [0.15, 0.2) is 72.8 Å². The van der Waals surface area contributed by atoms with Crippen molar-refractivity contribution >= 4 is 46.6 Å². The van der Waals surface area contributed by atoms with Gasteiger partial charge in [-0.15, -0.1) is 0 Å². The molecule has 0 radical (unpaired) electrons. The molecule has 0 aliphatic carbocycles. The number of rotatable bonds is 9. The van der Waals surface area contributed by atoms with Crippen molar-refractivity contribution in [2.24, 2.45) is 5.73 Å². The molecular weight excluding hydrogens is 465 g/mol. The van der Waals surface area contributed by atoms with E-state index in [1.54, 1.807) is 30.3 Å². The normalized spacial score (nSPS) is 11.3. The molecule has 4 N–H and O–H groups in total. The van der Waals surface area contributed by atoms with Gasteiger partial charge in [0, 0.05) is 23.2 Å². The molecule has 3 rings (SSSR count). The van der Waals surface area contributed by atoms with Gasteiger partial charge in [-0.1, -0.05) is 59.6 Å². The van der Waals surface area contributed by atoms with Crippen LogP contribution in [0.3, 0.4) is 0 Å². The number of nitrogens with two attached hydrogens (primary N) is 1. The minimum atomic E-state index is -0.901. The SMILES string of the molecule is NC(=O)COc1cccc(NC(=O)C(Cc2ccccc2)NC(=O)c2ccc(Cl)cc2Cl)c1. The predicted molar refractivity (Wildman–Crippen MR) is 128 cm³/mol. The Bertz CT molecular complexity index is 1160. The van der Waals surface area contributed by atoms with E-state index in [2.05, 4.69) is 10.6 Å². The molecule has 0 fully saturated rings. The number of carbonyl (C=O) groups is 3. The highest BCUT2D eigenvalue weighted by Gasteiger charge is 2.23. The van der Waals surface area contributed by atoms with Gasteiger partial charge in [0.15, 0.2) is 6.61 Å². The Morgan fingerprint density at radius 3 is 2.39 bits per heavy atom. The lowest BCUT2D eigenvalue weighted by Crippen LogP contribution is -2.45. The minimum Gasteiger partial charge on any atom is -0.484 e. The van der Waals surface area contributed by atoms with Crippen molar-refractivity contribution in [3.8, 4) is 5.75 Å². The van der Waals surface area contributed by atoms with Crippen molar-refractivity contribution in [2.45, 2.75) is 12.5 Å². The van der Waals surface area contributed by atoms with Crippen LogP contribution < -0.4 is 21.1 Å². The highest BCUT2D eigenvalue weighted by molar-refractivity contribution is 6.36. The van der Waals surface area contributed by atoms with E-state index in [0.29, 0.717) is 16.5 Å². The number of ether oxygens (including phenoxy) is 1. The van der Waals surface area contributed by atoms with Gasteiger partial charge in [0.25, 0.3) is 11.8 Å². The highest BCUT2D eigenvalue weighted by atomic mass is 35.5. The monoisotopic (exact) mass is 485 g/mol. The summed E-state index contributed by atoms with van der Waals surface area (Å²) < 4.78 is 5.27. The molecule has 0 saturated carbocycles. The summed E-state index contributed by atoms with van der Waals surface area (Å²) in [5.74, 6) is -1.20. The fourth-order valence-corrected chi connectivity index (χ4v) is 3.51. The molecule has 0 spiro atoms. The summed E-state index contributed by atoms with van der Waals surface area (Å²) >= 11 is 12.1. The van der Waals surface area contributed by atoms with Crippen LogP contribution in [0.1, 0.15) is 15.9 Å². The summed E-state index contributed by atoms with van der Waals surface area (Å²) in [5, 5.41) is 6.09. The maximum atomic E-state index is 13.1. The van der Waals surface area contributed by atoms with Crippen LogP contribution in [0.25, 0.3) is 0 Å². The number of benzene rings is 3. The molecular formula is C24H21Cl2N3O4. The van der Waals surface area contributed by atoms with Crippen molar-refractivity contribution in [1.29, 1.82) is 0 Å². The van der Waals surface area contributed by atoms with Crippen LogP contribution in [0, 0.1) is 0 Å². The van der Waals surface area contributed by atoms with Gasteiger partial charge in [0.2, 0.25) is 5.91 Å². The number of nitrogens with one attached hydrogen (secondary N) is 2. The van der Waals surface area contributed by atoms with Crippen LogP contribution >= 0.6 is 23.2 Å². The van der Waals surface area contributed by atoms with Gasteiger partial charge >= 0.3 is 0 Å². The standard InChI is InChI=1S/C24H21Cl2N3O4/c25-16-9-10-19(20(26)12-16)23(31)29-21(11-15-5-2-1-3-6-15)24(32)28-17-7-4-8-18(13-17)33-14-22(27)30/h1-10,12-13,21H,11,14H2,(H2,27,30)(H,28,32)(H,29,31). The first-order chi connectivity index (χ1) is 15.8. The summed E-state index contributed by atoms with van der Waals surface area (Å²) in [6, 6.07) is 19.4. The van der Waals surface area contributed by atoms with Crippen LogP contribution in [0.5, 0.6) is 5.75 Å². The van der Waals surface area contributed by atoms with Gasteiger partial charge in [-0.25, -0.2) is 0 Å². The Balaban J connectivity index is 1.78. The number of anilines is 1. The van der Waals surface area contributed by atoms with Crippen molar-refractivity contribution in [2.75, 3.05) is 11.9 Å². The van der Waals surface area contributed by atoms with E-state index in [-0.39, 0.29) is 23.6 Å². The molecule has 33 heavy (non-hydrogen) atoms. The van der Waals surface area contributed by atoms with Crippen molar-refractivity contribution in [1.82, 2.24) is 5.32 Å². The number of amides is 3. The first-order valence-corrected chi connectivity index (χ1v) is 10.7. The highest BCUT2D eigenvalue weighted by Crippen LogP contribution is 2.22. The number of primary amides is 1. The van der Waals surface area contributed by atoms with Gasteiger partial charge in [0.1, 0.15) is 11.8 Å². The van der Waals surface area contributed by atoms with Crippen molar-refractivity contribution in [3.05, 3.63) is 94.0 Å². The van der Waals surface area contributed by atoms with Crippen molar-refractivity contribution < 1.29 is 19.1 Å². The zero-order chi connectivity index (χ0) is 23.8. The van der Waals surface area contributed by atoms with Gasteiger partial charge in [-0.3, -0.25) is 14.4 Å². The molecule has 0 aliphatic heterocycles. The summed E-state index contributed by atoms with van der Waals surface area (Å²) in [4.78, 5) is 36.9. The first kappa shape index (κ1) is 24.1. The second kappa shape index (κ2) is 11.4. The Labute approximate surface area is 200 Å². The van der Waals surface area contributed by atoms with E-state index in [1.165, 1.54) is 12.1 Å². The van der Waals surface area contributed by atoms with Crippen LogP contribution in [0.4, 0.5) is 5.69 Å². The van der Waals surface area contributed by atoms with E-state index in [1.807, 2.05) is 30.3 Å². The average molecular weight is 486 g/mol. The molecule has 3 aromatic carbocycles. The molecule has 0 heterocycles.